The van der Waals surface area contributed by atoms with Gasteiger partial charge in [0.25, 0.3) is 0 Å². The van der Waals surface area contributed by atoms with Crippen molar-refractivity contribution in [3.05, 3.63) is 54.4 Å². The van der Waals surface area contributed by atoms with Gasteiger partial charge in [0.1, 0.15) is 5.82 Å². The van der Waals surface area contributed by atoms with Crippen molar-refractivity contribution in [3.63, 3.8) is 0 Å². The maximum absolute atomic E-state index is 6.21. The Kier molecular flexibility index (Phi) is 3.87. The third kappa shape index (κ3) is 2.90. The molecule has 0 bridgehead atoms. The van der Waals surface area contributed by atoms with Crippen molar-refractivity contribution in [2.45, 2.75) is 11.7 Å². The molecule has 0 saturated carbocycles. The second-order valence-corrected chi connectivity index (χ2v) is 5.29. The van der Waals surface area contributed by atoms with Crippen LogP contribution in [0.5, 0.6) is 0 Å². The number of nitrogen functional groups attached to an aromatic ring is 1. The minimum absolute atomic E-state index is 0.615. The summed E-state index contributed by atoms with van der Waals surface area (Å²) in [6, 6.07) is 12.0. The molecular weight excluding hydrogens is 282 g/mol. The molecule has 0 radical (unpaired) electrons. The van der Waals surface area contributed by atoms with Crippen LogP contribution in [0.2, 0.25) is 0 Å². The molecule has 106 valence electrons. The standard InChI is InChI=1S/C15H15N5S/c1-21-15-17-8-7-13(19-15)12-9-18-20(14(12)16)10-11-5-3-2-4-6-11/h2-9H,10,16H2,1H3. The Morgan fingerprint density at radius 1 is 1.19 bits per heavy atom. The smallest absolute Gasteiger partial charge is 0.187 e. The molecule has 21 heavy (non-hydrogen) atoms. The van der Waals surface area contributed by atoms with Gasteiger partial charge in [-0.2, -0.15) is 5.10 Å². The lowest BCUT2D eigenvalue weighted by Gasteiger charge is -2.05. The van der Waals surface area contributed by atoms with E-state index in [1.54, 1.807) is 17.1 Å². The van der Waals surface area contributed by atoms with Crippen LogP contribution in [0.3, 0.4) is 0 Å². The average Bonchev–Trinajstić information content (AvgIpc) is 2.89. The van der Waals surface area contributed by atoms with Gasteiger partial charge in [0.05, 0.1) is 24.0 Å². The molecule has 3 aromatic rings. The summed E-state index contributed by atoms with van der Waals surface area (Å²) in [4.78, 5) is 8.63. The first kappa shape index (κ1) is 13.6. The first-order chi connectivity index (χ1) is 10.3. The van der Waals surface area contributed by atoms with Crippen LogP contribution < -0.4 is 5.73 Å². The quantitative estimate of drug-likeness (QED) is 0.592. The monoisotopic (exact) mass is 297 g/mol. The van der Waals surface area contributed by atoms with Crippen LogP contribution in [-0.2, 0) is 6.54 Å². The van der Waals surface area contributed by atoms with Gasteiger partial charge in [0.15, 0.2) is 5.16 Å². The molecule has 2 heterocycles. The maximum atomic E-state index is 6.21. The summed E-state index contributed by atoms with van der Waals surface area (Å²) in [5, 5.41) is 5.09. The molecule has 0 aliphatic heterocycles. The van der Waals surface area contributed by atoms with Crippen molar-refractivity contribution >= 4 is 17.6 Å². The number of nitrogens with zero attached hydrogens (tertiary/aromatic N) is 4. The second kappa shape index (κ2) is 5.97. The van der Waals surface area contributed by atoms with E-state index in [0.29, 0.717) is 12.4 Å². The Morgan fingerprint density at radius 2 is 2.00 bits per heavy atom. The summed E-state index contributed by atoms with van der Waals surface area (Å²) in [7, 11) is 0. The Bertz CT molecular complexity index is 739. The van der Waals surface area contributed by atoms with E-state index in [-0.39, 0.29) is 0 Å². The number of rotatable bonds is 4. The number of hydrogen-bond donors (Lipinski definition) is 1. The number of anilines is 1. The van der Waals surface area contributed by atoms with Gasteiger partial charge in [-0.25, -0.2) is 14.6 Å². The second-order valence-electron chi connectivity index (χ2n) is 4.52. The normalized spacial score (nSPS) is 10.7. The Labute approximate surface area is 127 Å². The van der Waals surface area contributed by atoms with Gasteiger partial charge in [-0.05, 0) is 17.9 Å². The summed E-state index contributed by atoms with van der Waals surface area (Å²) in [5.74, 6) is 0.615. The fourth-order valence-electron chi connectivity index (χ4n) is 2.06. The molecule has 6 heteroatoms. The zero-order valence-corrected chi connectivity index (χ0v) is 12.4. The van der Waals surface area contributed by atoms with Crippen molar-refractivity contribution in [1.82, 2.24) is 19.7 Å². The van der Waals surface area contributed by atoms with E-state index in [9.17, 15) is 0 Å². The van der Waals surface area contributed by atoms with Gasteiger partial charge in [-0.1, -0.05) is 42.1 Å². The first-order valence-electron chi connectivity index (χ1n) is 6.50. The molecule has 0 saturated heterocycles. The van der Waals surface area contributed by atoms with Crippen molar-refractivity contribution in [2.75, 3.05) is 12.0 Å². The molecule has 0 fully saturated rings. The van der Waals surface area contributed by atoms with Crippen molar-refractivity contribution in [2.24, 2.45) is 0 Å². The number of hydrogen-bond acceptors (Lipinski definition) is 5. The minimum Gasteiger partial charge on any atom is -0.383 e. The van der Waals surface area contributed by atoms with E-state index in [0.717, 1.165) is 22.0 Å². The SMILES string of the molecule is CSc1nccc(-c2cnn(Cc3ccccc3)c2N)n1. The summed E-state index contributed by atoms with van der Waals surface area (Å²) < 4.78 is 1.78. The fourth-order valence-corrected chi connectivity index (χ4v) is 2.42. The Hall–Kier alpha value is -2.34. The van der Waals surface area contributed by atoms with Crippen LogP contribution in [0.1, 0.15) is 5.56 Å². The number of benzene rings is 1. The van der Waals surface area contributed by atoms with Gasteiger partial charge < -0.3 is 5.73 Å². The van der Waals surface area contributed by atoms with Crippen molar-refractivity contribution in [1.29, 1.82) is 0 Å². The summed E-state index contributed by atoms with van der Waals surface area (Å²) in [6.45, 7) is 0.646. The molecule has 0 atom stereocenters. The molecule has 0 aliphatic rings. The molecule has 1 aromatic carbocycles. The van der Waals surface area contributed by atoms with Crippen LogP contribution >= 0.6 is 11.8 Å². The van der Waals surface area contributed by atoms with E-state index in [1.807, 2.05) is 30.5 Å². The van der Waals surface area contributed by atoms with Crippen LogP contribution in [0.4, 0.5) is 5.82 Å². The zero-order chi connectivity index (χ0) is 14.7. The zero-order valence-electron chi connectivity index (χ0n) is 11.6. The molecule has 0 amide bonds. The van der Waals surface area contributed by atoms with Crippen molar-refractivity contribution < 1.29 is 0 Å². The van der Waals surface area contributed by atoms with Crippen LogP contribution in [0, 0.1) is 0 Å². The number of nitrogens with two attached hydrogens (primary N) is 1. The molecule has 5 nitrogen and oxygen atoms in total. The predicted octanol–water partition coefficient (Wildman–Crippen LogP) is 2.69. The molecular formula is C15H15N5S. The van der Waals surface area contributed by atoms with Crippen LogP contribution in [0.15, 0.2) is 53.9 Å². The largest absolute Gasteiger partial charge is 0.383 e. The topological polar surface area (TPSA) is 69.6 Å². The Morgan fingerprint density at radius 3 is 2.76 bits per heavy atom. The minimum atomic E-state index is 0.615. The lowest BCUT2D eigenvalue weighted by atomic mass is 10.2. The Balaban J connectivity index is 1.92. The maximum Gasteiger partial charge on any atom is 0.187 e. The fraction of sp³-hybridized carbons (Fsp3) is 0.133. The number of aromatic nitrogens is 4. The summed E-state index contributed by atoms with van der Waals surface area (Å²) in [6.07, 6.45) is 5.44. The van der Waals surface area contributed by atoms with Gasteiger partial charge in [0, 0.05) is 6.20 Å². The van der Waals surface area contributed by atoms with Gasteiger partial charge in [-0.3, -0.25) is 0 Å². The summed E-state index contributed by atoms with van der Waals surface area (Å²) >= 11 is 1.50. The van der Waals surface area contributed by atoms with Crippen LogP contribution in [0.25, 0.3) is 11.3 Å². The third-order valence-electron chi connectivity index (χ3n) is 3.15. The lowest BCUT2D eigenvalue weighted by molar-refractivity contribution is 0.697. The molecule has 2 N–H and O–H groups in total. The van der Waals surface area contributed by atoms with E-state index >= 15 is 0 Å². The highest BCUT2D eigenvalue weighted by Gasteiger charge is 2.11. The first-order valence-corrected chi connectivity index (χ1v) is 7.73. The van der Waals surface area contributed by atoms with E-state index in [1.165, 1.54) is 11.8 Å². The van der Waals surface area contributed by atoms with Gasteiger partial charge >= 0.3 is 0 Å². The van der Waals surface area contributed by atoms with Gasteiger partial charge in [0.2, 0.25) is 0 Å². The lowest BCUT2D eigenvalue weighted by Crippen LogP contribution is -2.06. The predicted molar refractivity (Wildman–Crippen MR) is 85.0 cm³/mol. The molecule has 2 aromatic heterocycles. The molecule has 3 rings (SSSR count). The van der Waals surface area contributed by atoms with Crippen LogP contribution in [-0.4, -0.2) is 26.0 Å². The molecule has 0 aliphatic carbocycles. The van der Waals surface area contributed by atoms with E-state index in [2.05, 4.69) is 27.2 Å². The number of thioether (sulfide) groups is 1. The highest BCUT2D eigenvalue weighted by Crippen LogP contribution is 2.25. The van der Waals surface area contributed by atoms with Crippen molar-refractivity contribution in [3.8, 4) is 11.3 Å². The average molecular weight is 297 g/mol. The van der Waals surface area contributed by atoms with Gasteiger partial charge in [-0.15, -0.1) is 0 Å². The molecule has 0 spiro atoms. The summed E-state index contributed by atoms with van der Waals surface area (Å²) in [5.41, 5.74) is 9.00. The highest BCUT2D eigenvalue weighted by molar-refractivity contribution is 7.98. The van der Waals surface area contributed by atoms with E-state index in [4.69, 9.17) is 5.73 Å². The van der Waals surface area contributed by atoms with E-state index < -0.39 is 0 Å². The highest BCUT2D eigenvalue weighted by atomic mass is 32.2. The third-order valence-corrected chi connectivity index (χ3v) is 3.71. The molecule has 0 unspecified atom stereocenters.